The van der Waals surface area contributed by atoms with Gasteiger partial charge in [-0.05, 0) is 82.0 Å². The van der Waals surface area contributed by atoms with Crippen LogP contribution in [0.5, 0.6) is 0 Å². The SMILES string of the molecule is CCc1c2[n-]c(c1C)/C=C1\[N-]/C(=C3\c4[n-]c(c(C)c4C(=O)[C@@H]3C(=O)OC)/C=c3\[n-]/c(c(C)c3CC)=C\2)[C@@H](CCC(=O)OCCC(C)CCC[C@@H](C)CCC[C@H](C)CCCC(C)C)[C@@H]1C.[Mg+2]. The molecule has 0 N–H and O–H groups in total. The predicted molar refractivity (Wildman–Crippen MR) is 264 cm³/mol. The Morgan fingerprint density at radius 2 is 1.29 bits per heavy atom. The maximum absolute atomic E-state index is 14.4. The molecule has 0 saturated carbocycles. The number of methoxy groups -OCH3 is 1. The normalized spacial score (nSPS) is 22.0. The smallest absolute Gasteiger partial charge is 0.664 e. The Hall–Kier alpha value is -3.76. The van der Waals surface area contributed by atoms with Crippen molar-refractivity contribution < 1.29 is 23.9 Å². The van der Waals surface area contributed by atoms with Crippen LogP contribution in [0.1, 0.15) is 193 Å². The molecule has 0 aromatic carbocycles. The molecule has 3 aromatic rings. The number of hydrogen-bond donors (Lipinski definition) is 0. The predicted octanol–water partition coefficient (Wildman–Crippen LogP) is 10.4. The Kier molecular flexibility index (Phi) is 18.7. The van der Waals surface area contributed by atoms with Crippen LogP contribution in [0.2, 0.25) is 0 Å². The van der Waals surface area contributed by atoms with Crippen LogP contribution in [-0.4, -0.2) is 54.5 Å². The van der Waals surface area contributed by atoms with Crippen molar-refractivity contribution in [1.82, 2.24) is 15.0 Å². The molecular weight excluding hydrogens is 821 g/mol. The Balaban J connectivity index is 0.00000793. The quantitative estimate of drug-likeness (QED) is 0.0588. The van der Waals surface area contributed by atoms with Gasteiger partial charge < -0.3 is 29.7 Å². The fourth-order valence-corrected chi connectivity index (χ4v) is 10.5. The molecule has 10 heteroatoms. The van der Waals surface area contributed by atoms with Crippen molar-refractivity contribution in [2.45, 2.75) is 166 Å². The van der Waals surface area contributed by atoms with Crippen LogP contribution in [0.15, 0.2) is 11.4 Å². The van der Waals surface area contributed by atoms with E-state index in [1.54, 1.807) is 0 Å². The van der Waals surface area contributed by atoms with Gasteiger partial charge in [-0.2, -0.15) is 11.4 Å². The summed E-state index contributed by atoms with van der Waals surface area (Å²) in [5, 5.41) is 6.95. The number of allylic oxidation sites excluding steroid dienone is 2. The van der Waals surface area contributed by atoms with Crippen LogP contribution in [-0.2, 0) is 31.9 Å². The summed E-state index contributed by atoms with van der Waals surface area (Å²) < 4.78 is 11.1. The van der Waals surface area contributed by atoms with Crippen LogP contribution >= 0.6 is 0 Å². The minimum absolute atomic E-state index is 0. The van der Waals surface area contributed by atoms with Gasteiger partial charge in [0.1, 0.15) is 5.92 Å². The summed E-state index contributed by atoms with van der Waals surface area (Å²) in [6, 6.07) is 0. The number of hydrogen-bond acceptors (Lipinski definition) is 5. The first-order valence-electron chi connectivity index (χ1n) is 24.7. The van der Waals surface area contributed by atoms with Gasteiger partial charge in [0.05, 0.1) is 13.7 Å². The number of nitrogens with zero attached hydrogens (tertiary/aromatic N) is 4. The number of Topliss-reactive ketones (excluding diaryl/α,β-unsaturated/α-hetero) is 1. The van der Waals surface area contributed by atoms with Gasteiger partial charge in [-0.3, -0.25) is 14.4 Å². The number of ether oxygens (including phenoxy) is 2. The van der Waals surface area contributed by atoms with Crippen LogP contribution in [0.25, 0.3) is 29.1 Å². The summed E-state index contributed by atoms with van der Waals surface area (Å²) in [5.41, 5.74) is 10.3. The molecule has 65 heavy (non-hydrogen) atoms. The van der Waals surface area contributed by atoms with Crippen molar-refractivity contribution in [3.05, 3.63) is 83.6 Å². The molecule has 8 bridgehead atoms. The summed E-state index contributed by atoms with van der Waals surface area (Å²) >= 11 is 0. The first-order valence-corrected chi connectivity index (χ1v) is 24.7. The Bertz CT molecular complexity index is 2360. The monoisotopic (exact) mass is 897 g/mol. The molecule has 6 rings (SSSR count). The molecule has 1 aliphatic carbocycles. The fraction of sp³-hybridized carbons (Fsp3) is 0.618. The van der Waals surface area contributed by atoms with E-state index in [4.69, 9.17) is 29.7 Å². The molecule has 2 aliphatic heterocycles. The number of rotatable bonds is 21. The molecule has 350 valence electrons. The number of carbonyl (C=O) groups is 3. The van der Waals surface area contributed by atoms with Crippen molar-refractivity contribution in [1.29, 1.82) is 0 Å². The van der Waals surface area contributed by atoms with Crippen molar-refractivity contribution >= 4 is 64.6 Å². The summed E-state index contributed by atoms with van der Waals surface area (Å²) in [6.07, 6.45) is 20.8. The zero-order chi connectivity index (χ0) is 46.4. The third kappa shape index (κ3) is 11.9. The topological polar surface area (TPSA) is 126 Å². The maximum Gasteiger partial charge on any atom is 2.00 e. The Morgan fingerprint density at radius 1 is 0.708 bits per heavy atom. The first kappa shape index (κ1) is 52.2. The number of carbonyl (C=O) groups excluding carboxylic acids is 3. The summed E-state index contributed by atoms with van der Waals surface area (Å²) in [5.74, 6) is -0.000396. The van der Waals surface area contributed by atoms with Crippen LogP contribution in [0.4, 0.5) is 0 Å². The van der Waals surface area contributed by atoms with E-state index in [1.807, 2.05) is 19.1 Å². The number of aromatic nitrogens is 3. The third-order valence-corrected chi connectivity index (χ3v) is 14.8. The minimum atomic E-state index is -1.20. The largest absolute Gasteiger partial charge is 2.00 e. The van der Waals surface area contributed by atoms with Gasteiger partial charge in [0.25, 0.3) is 0 Å². The van der Waals surface area contributed by atoms with Gasteiger partial charge in [-0.15, -0.1) is 33.5 Å². The van der Waals surface area contributed by atoms with E-state index in [9.17, 15) is 14.4 Å². The molecule has 0 radical (unpaired) electrons. The second-order valence-electron chi connectivity index (χ2n) is 20.1. The molecule has 1 unspecified atom stereocenters. The van der Waals surface area contributed by atoms with Gasteiger partial charge in [0, 0.05) is 12.0 Å². The Morgan fingerprint density at radius 3 is 1.89 bits per heavy atom. The fourth-order valence-electron chi connectivity index (χ4n) is 10.5. The van der Waals surface area contributed by atoms with E-state index in [0.717, 1.165) is 93.5 Å². The second kappa shape index (κ2) is 23.3. The molecule has 1 saturated heterocycles. The van der Waals surface area contributed by atoms with E-state index in [-0.39, 0.29) is 53.1 Å². The van der Waals surface area contributed by atoms with Crippen molar-refractivity contribution in [2.75, 3.05) is 13.7 Å². The Labute approximate surface area is 406 Å². The first-order chi connectivity index (χ1) is 30.6. The molecule has 1 fully saturated rings. The van der Waals surface area contributed by atoms with Gasteiger partial charge >= 0.3 is 35.0 Å². The van der Waals surface area contributed by atoms with E-state index < -0.39 is 11.9 Å². The molecular formula is C55H76MgN4O5-2. The van der Waals surface area contributed by atoms with Gasteiger partial charge in [0.2, 0.25) is 0 Å². The minimum Gasteiger partial charge on any atom is -0.664 e. The number of esters is 2. The van der Waals surface area contributed by atoms with Crippen molar-refractivity contribution in [3.8, 4) is 0 Å². The van der Waals surface area contributed by atoms with Crippen molar-refractivity contribution in [2.24, 2.45) is 41.4 Å². The van der Waals surface area contributed by atoms with Crippen LogP contribution in [0, 0.1) is 62.2 Å². The van der Waals surface area contributed by atoms with Crippen LogP contribution < -0.4 is 25.7 Å². The summed E-state index contributed by atoms with van der Waals surface area (Å²) in [6.45, 7) is 24.6. The van der Waals surface area contributed by atoms with E-state index in [1.165, 1.54) is 58.5 Å². The van der Waals surface area contributed by atoms with E-state index in [0.29, 0.717) is 52.7 Å². The standard InChI is InChI=1S/C55H77N4O5.Mg/c1-13-39-35(8)42-28-44-37(10)41(24-25-48(60)64-27-26-34(7)23-17-22-33(6)21-16-20-32(5)19-15-18-31(3)4)52(58-44)50-51(55(62)63-12)54(61)49-38(11)45(59-53(49)50)30-47-40(14-2)36(9)43(57-47)29-46(39)56-42;/h28-34,37,41,51H,13-27H2,1-12H3,(H-,58,59,61);/q-3;+2/p-1/b43-29-,44-28-,47-30-;/t32-,33+,34?,37+,41+,51-;/m1./s1. The van der Waals surface area contributed by atoms with Gasteiger partial charge in [0.15, 0.2) is 5.78 Å². The average Bonchev–Trinajstić information content (AvgIpc) is 3.99. The van der Waals surface area contributed by atoms with E-state index in [2.05, 4.69) is 75.3 Å². The summed E-state index contributed by atoms with van der Waals surface area (Å²) in [4.78, 5) is 56.8. The molecule has 0 amide bonds. The average molecular weight is 898 g/mol. The number of fused-ring (bicyclic) bond motifs is 7. The van der Waals surface area contributed by atoms with Crippen molar-refractivity contribution in [3.63, 3.8) is 0 Å². The molecule has 9 nitrogen and oxygen atoms in total. The zero-order valence-corrected chi connectivity index (χ0v) is 43.3. The molecule has 3 aromatic heterocycles. The zero-order valence-electron chi connectivity index (χ0n) is 41.9. The van der Waals surface area contributed by atoms with E-state index >= 15 is 0 Å². The molecule has 6 atom stereocenters. The van der Waals surface area contributed by atoms with Crippen LogP contribution in [0.3, 0.4) is 0 Å². The number of ketones is 1. The molecule has 5 heterocycles. The van der Waals surface area contributed by atoms with Gasteiger partial charge in [-0.25, -0.2) is 0 Å². The maximum atomic E-state index is 14.4. The van der Waals surface area contributed by atoms with Gasteiger partial charge in [-0.1, -0.05) is 165 Å². The third-order valence-electron chi connectivity index (χ3n) is 14.8. The molecule has 3 aliphatic rings. The second-order valence-corrected chi connectivity index (χ2v) is 20.1. The molecule has 0 spiro atoms. The summed E-state index contributed by atoms with van der Waals surface area (Å²) in [7, 11) is 1.31.